The number of anilines is 1. The zero-order chi connectivity index (χ0) is 21.7. The lowest BCUT2D eigenvalue weighted by Gasteiger charge is -2.40. The van der Waals surface area contributed by atoms with E-state index in [1.807, 2.05) is 0 Å². The number of carbonyl (C=O) groups is 2. The van der Waals surface area contributed by atoms with Crippen LogP contribution in [0.2, 0.25) is 0 Å². The zero-order valence-electron chi connectivity index (χ0n) is 16.4. The Morgan fingerprint density at radius 1 is 0.933 bits per heavy atom. The maximum absolute atomic E-state index is 12.9. The summed E-state index contributed by atoms with van der Waals surface area (Å²) in [6.45, 7) is 1.78. The van der Waals surface area contributed by atoms with Crippen LogP contribution in [0.15, 0.2) is 72.8 Å². The quantitative estimate of drug-likeness (QED) is 0.462. The number of aromatic hydroxyl groups is 1. The highest BCUT2D eigenvalue weighted by Gasteiger charge is 2.38. The number of phenols is 1. The number of hydrogen-bond acceptors (Lipinski definition) is 3. The number of nitrogens with zero attached hydrogens (tertiary/aromatic N) is 1. The molecular weight excluding hydrogens is 388 g/mol. The van der Waals surface area contributed by atoms with Crippen LogP contribution in [0.1, 0.15) is 41.7 Å². The van der Waals surface area contributed by atoms with Gasteiger partial charge in [0.05, 0.1) is 12.5 Å². The summed E-state index contributed by atoms with van der Waals surface area (Å²) in [5, 5.41) is 9.27. The molecule has 1 amide bonds. The lowest BCUT2D eigenvalue weighted by Crippen LogP contribution is -2.46. The first kappa shape index (κ1) is 21.2. The molecule has 4 rings (SSSR count). The van der Waals surface area contributed by atoms with Crippen LogP contribution in [0, 0.1) is 11.6 Å². The fourth-order valence-corrected chi connectivity index (χ4v) is 3.15. The number of amides is 1. The molecule has 30 heavy (non-hydrogen) atoms. The van der Waals surface area contributed by atoms with Crippen molar-refractivity contribution in [1.29, 1.82) is 0 Å². The van der Waals surface area contributed by atoms with Crippen molar-refractivity contribution in [3.8, 4) is 5.75 Å². The summed E-state index contributed by atoms with van der Waals surface area (Å²) in [6.07, 6.45) is 0.897. The number of halogens is 2. The van der Waals surface area contributed by atoms with Crippen molar-refractivity contribution < 1.29 is 23.5 Å². The van der Waals surface area contributed by atoms with Gasteiger partial charge < -0.3 is 10.0 Å². The van der Waals surface area contributed by atoms with Crippen LogP contribution < -0.4 is 4.90 Å². The van der Waals surface area contributed by atoms with Gasteiger partial charge in [-0.3, -0.25) is 9.59 Å². The second-order valence-electron chi connectivity index (χ2n) is 6.84. The predicted octanol–water partition coefficient (Wildman–Crippen LogP) is 5.43. The van der Waals surface area contributed by atoms with E-state index in [0.717, 1.165) is 5.56 Å². The van der Waals surface area contributed by atoms with E-state index in [-0.39, 0.29) is 35.1 Å². The minimum atomic E-state index is -0.321. The van der Waals surface area contributed by atoms with E-state index < -0.39 is 0 Å². The van der Waals surface area contributed by atoms with Crippen molar-refractivity contribution in [2.24, 2.45) is 0 Å². The normalized spacial score (nSPS) is 15.1. The van der Waals surface area contributed by atoms with Gasteiger partial charge in [-0.1, -0.05) is 19.1 Å². The minimum Gasteiger partial charge on any atom is -0.508 e. The molecule has 0 saturated carbocycles. The number of β-lactam (4-membered cyclic amide) rings is 1. The number of hydrogen-bond donors (Lipinski definition) is 1. The molecular formula is C24H21F2NO3. The molecule has 0 spiro atoms. The number of benzene rings is 3. The number of ketones is 1. The third-order valence-electron chi connectivity index (χ3n) is 4.82. The van der Waals surface area contributed by atoms with E-state index >= 15 is 0 Å². The maximum atomic E-state index is 12.9. The molecule has 1 aliphatic heterocycles. The van der Waals surface area contributed by atoms with Crippen molar-refractivity contribution >= 4 is 17.4 Å². The summed E-state index contributed by atoms with van der Waals surface area (Å²) in [7, 11) is 0. The van der Waals surface area contributed by atoms with Crippen LogP contribution in [0.4, 0.5) is 14.5 Å². The third kappa shape index (κ3) is 4.89. The van der Waals surface area contributed by atoms with Crippen molar-refractivity contribution in [2.75, 3.05) is 4.90 Å². The summed E-state index contributed by atoms with van der Waals surface area (Å²) >= 11 is 0. The molecule has 1 saturated heterocycles. The van der Waals surface area contributed by atoms with Crippen molar-refractivity contribution in [3.63, 3.8) is 0 Å². The number of Topliss-reactive ketones (excluding diaryl/α,β-unsaturated/α-hetero) is 1. The van der Waals surface area contributed by atoms with Crippen molar-refractivity contribution in [2.45, 2.75) is 25.8 Å². The Balaban J connectivity index is 0.000000199. The first-order chi connectivity index (χ1) is 14.4. The highest BCUT2D eigenvalue weighted by molar-refractivity contribution is 6.01. The number of carbonyl (C=O) groups excluding carboxylic acids is 2. The summed E-state index contributed by atoms with van der Waals surface area (Å²) in [6, 6.07) is 18.2. The van der Waals surface area contributed by atoms with Gasteiger partial charge >= 0.3 is 0 Å². The highest BCUT2D eigenvalue weighted by atomic mass is 19.1. The van der Waals surface area contributed by atoms with E-state index in [4.69, 9.17) is 0 Å². The Labute approximate surface area is 173 Å². The largest absolute Gasteiger partial charge is 0.508 e. The Kier molecular flexibility index (Phi) is 6.57. The molecule has 1 fully saturated rings. The van der Waals surface area contributed by atoms with Crippen LogP contribution >= 0.6 is 0 Å². The number of phenolic OH excluding ortho intramolecular Hbond substituents is 1. The standard InChI is InChI=1S/C15H12FNO2.C9H9FO/c16-11-3-5-12(6-4-11)17-14(9-15(17)19)10-1-7-13(18)8-2-10;1-2-9(11)7-3-5-8(10)6-4-7/h1-8,14,18H,9H2;3-6H,2H2,1H3. The molecule has 4 nitrogen and oxygen atoms in total. The lowest BCUT2D eigenvalue weighted by molar-refractivity contribution is -0.124. The fourth-order valence-electron chi connectivity index (χ4n) is 3.15. The first-order valence-electron chi connectivity index (χ1n) is 9.54. The van der Waals surface area contributed by atoms with Gasteiger partial charge in [-0.15, -0.1) is 0 Å². The van der Waals surface area contributed by atoms with Gasteiger partial charge in [0.1, 0.15) is 17.4 Å². The minimum absolute atomic E-state index is 0.0182. The van der Waals surface area contributed by atoms with Gasteiger partial charge in [0, 0.05) is 17.7 Å². The Hall–Kier alpha value is -3.54. The van der Waals surface area contributed by atoms with E-state index in [1.165, 1.54) is 36.4 Å². The highest BCUT2D eigenvalue weighted by Crippen LogP contribution is 2.39. The van der Waals surface area contributed by atoms with E-state index in [2.05, 4.69) is 0 Å². The molecule has 154 valence electrons. The molecule has 1 aliphatic rings. The molecule has 0 bridgehead atoms. The Morgan fingerprint density at radius 3 is 1.97 bits per heavy atom. The fraction of sp³-hybridized carbons (Fsp3) is 0.167. The molecule has 1 heterocycles. The SMILES string of the molecule is CCC(=O)c1ccc(F)cc1.O=C1CC(c2ccc(O)cc2)N1c1ccc(F)cc1. The lowest BCUT2D eigenvalue weighted by atomic mass is 9.93. The molecule has 0 aliphatic carbocycles. The average molecular weight is 409 g/mol. The van der Waals surface area contributed by atoms with Crippen LogP contribution in [0.5, 0.6) is 5.75 Å². The summed E-state index contributed by atoms with van der Waals surface area (Å²) in [5.41, 5.74) is 2.23. The molecule has 0 radical (unpaired) electrons. The van der Waals surface area contributed by atoms with Gasteiger partial charge in [0.25, 0.3) is 0 Å². The third-order valence-corrected chi connectivity index (χ3v) is 4.82. The van der Waals surface area contributed by atoms with E-state index in [9.17, 15) is 23.5 Å². The predicted molar refractivity (Wildman–Crippen MR) is 110 cm³/mol. The molecule has 1 N–H and O–H groups in total. The molecule has 0 aromatic heterocycles. The summed E-state index contributed by atoms with van der Waals surface area (Å²) < 4.78 is 25.2. The van der Waals surface area contributed by atoms with Gasteiger partial charge in [-0.25, -0.2) is 8.78 Å². The second kappa shape index (κ2) is 9.31. The Morgan fingerprint density at radius 2 is 1.47 bits per heavy atom. The van der Waals surface area contributed by atoms with Crippen LogP contribution in [-0.4, -0.2) is 16.8 Å². The summed E-state index contributed by atoms with van der Waals surface area (Å²) in [4.78, 5) is 24.4. The van der Waals surface area contributed by atoms with E-state index in [1.54, 1.807) is 48.2 Å². The summed E-state index contributed by atoms with van der Waals surface area (Å²) in [5.74, 6) is -0.368. The van der Waals surface area contributed by atoms with Crippen LogP contribution in [0.3, 0.4) is 0 Å². The average Bonchev–Trinajstić information content (AvgIpc) is 2.75. The smallest absolute Gasteiger partial charge is 0.230 e. The van der Waals surface area contributed by atoms with Gasteiger partial charge in [0.2, 0.25) is 5.91 Å². The molecule has 3 aromatic rings. The van der Waals surface area contributed by atoms with Crippen molar-refractivity contribution in [1.82, 2.24) is 0 Å². The monoisotopic (exact) mass is 409 g/mol. The molecule has 3 aromatic carbocycles. The van der Waals surface area contributed by atoms with Gasteiger partial charge in [-0.2, -0.15) is 0 Å². The Bertz CT molecular complexity index is 1020. The maximum Gasteiger partial charge on any atom is 0.230 e. The van der Waals surface area contributed by atoms with E-state index in [0.29, 0.717) is 24.1 Å². The molecule has 1 unspecified atom stereocenters. The molecule has 1 atom stereocenters. The van der Waals surface area contributed by atoms with Crippen molar-refractivity contribution in [3.05, 3.63) is 95.6 Å². The molecule has 6 heteroatoms. The zero-order valence-corrected chi connectivity index (χ0v) is 16.4. The van der Waals surface area contributed by atoms with Gasteiger partial charge in [-0.05, 0) is 66.2 Å². The number of rotatable bonds is 4. The van der Waals surface area contributed by atoms with Gasteiger partial charge in [0.15, 0.2) is 5.78 Å². The van der Waals surface area contributed by atoms with Crippen LogP contribution in [0.25, 0.3) is 0 Å². The first-order valence-corrected chi connectivity index (χ1v) is 9.54. The topological polar surface area (TPSA) is 57.6 Å². The second-order valence-corrected chi connectivity index (χ2v) is 6.84. The van der Waals surface area contributed by atoms with Crippen LogP contribution in [-0.2, 0) is 4.79 Å².